The number of nitrogens with zero attached hydrogens (tertiary/aromatic N) is 1. The Kier molecular flexibility index (Phi) is 5.77. The van der Waals surface area contributed by atoms with Gasteiger partial charge in [-0.3, -0.25) is 10.1 Å². The molecule has 162 valence electrons. The van der Waals surface area contributed by atoms with Crippen LogP contribution in [0.2, 0.25) is 5.02 Å². The van der Waals surface area contributed by atoms with Crippen molar-refractivity contribution in [3.05, 3.63) is 107 Å². The monoisotopic (exact) mass is 471 g/mol. The van der Waals surface area contributed by atoms with Crippen LogP contribution < -0.4 is 10.6 Å². The molecular formula is C26H18ClN3O2S. The largest absolute Gasteiger partial charge is 0.440 e. The highest BCUT2D eigenvalue weighted by molar-refractivity contribution is 7.80. The van der Waals surface area contributed by atoms with Gasteiger partial charge in [0.05, 0.1) is 0 Å². The fourth-order valence-electron chi connectivity index (χ4n) is 3.57. The van der Waals surface area contributed by atoms with Crippen LogP contribution in [0.4, 0.5) is 5.69 Å². The van der Waals surface area contributed by atoms with Gasteiger partial charge in [-0.25, -0.2) is 4.98 Å². The van der Waals surface area contributed by atoms with Gasteiger partial charge in [0.15, 0.2) is 16.6 Å². The van der Waals surface area contributed by atoms with E-state index in [1.165, 1.54) is 0 Å². The minimum atomic E-state index is -0.272. The predicted octanol–water partition coefficient (Wildman–Crippen LogP) is 6.35. The topological polar surface area (TPSA) is 67.2 Å². The molecule has 1 aromatic heterocycles. The second kappa shape index (κ2) is 9.02. The van der Waals surface area contributed by atoms with Gasteiger partial charge in [0.2, 0.25) is 0 Å². The third-order valence-electron chi connectivity index (χ3n) is 5.20. The Bertz CT molecular complexity index is 1500. The fraction of sp³-hybridized carbons (Fsp3) is 0.0385. The number of thiocarbonyl (C=S) groups is 1. The van der Waals surface area contributed by atoms with Crippen LogP contribution in [0.15, 0.2) is 89.3 Å². The van der Waals surface area contributed by atoms with E-state index in [4.69, 9.17) is 28.2 Å². The van der Waals surface area contributed by atoms with E-state index in [1.54, 1.807) is 6.07 Å². The molecule has 0 unspecified atom stereocenters. The predicted molar refractivity (Wildman–Crippen MR) is 136 cm³/mol. The first kappa shape index (κ1) is 21.1. The Morgan fingerprint density at radius 1 is 0.939 bits per heavy atom. The maximum Gasteiger partial charge on any atom is 0.257 e. The lowest BCUT2D eigenvalue weighted by molar-refractivity contribution is 0.0978. The number of halogens is 1. The van der Waals surface area contributed by atoms with Gasteiger partial charge in [-0.05, 0) is 71.0 Å². The van der Waals surface area contributed by atoms with Crippen LogP contribution in [0.1, 0.15) is 21.8 Å². The van der Waals surface area contributed by atoms with E-state index < -0.39 is 0 Å². The fourth-order valence-corrected chi connectivity index (χ4v) is 3.91. The summed E-state index contributed by atoms with van der Waals surface area (Å²) in [7, 11) is 0. The molecular weight excluding hydrogens is 454 g/mol. The van der Waals surface area contributed by atoms with E-state index in [1.807, 2.05) is 78.9 Å². The molecule has 0 saturated carbocycles. The van der Waals surface area contributed by atoms with Crippen molar-refractivity contribution in [1.82, 2.24) is 10.3 Å². The smallest absolute Gasteiger partial charge is 0.257 e. The quantitative estimate of drug-likeness (QED) is 0.299. The Labute approximate surface area is 200 Å². The summed E-state index contributed by atoms with van der Waals surface area (Å²) in [6.07, 6.45) is 0.564. The zero-order valence-electron chi connectivity index (χ0n) is 17.3. The highest BCUT2D eigenvalue weighted by atomic mass is 35.5. The van der Waals surface area contributed by atoms with Crippen molar-refractivity contribution >= 4 is 62.4 Å². The second-order valence-electron chi connectivity index (χ2n) is 7.56. The molecule has 7 heteroatoms. The maximum atomic E-state index is 12.6. The lowest BCUT2D eigenvalue weighted by Crippen LogP contribution is -2.34. The van der Waals surface area contributed by atoms with Crippen molar-refractivity contribution in [3.8, 4) is 0 Å². The van der Waals surface area contributed by atoms with E-state index in [0.717, 1.165) is 16.3 Å². The van der Waals surface area contributed by atoms with Crippen molar-refractivity contribution in [2.45, 2.75) is 6.42 Å². The van der Waals surface area contributed by atoms with Crippen molar-refractivity contribution in [2.24, 2.45) is 0 Å². The molecule has 0 aliphatic carbocycles. The molecule has 1 heterocycles. The molecule has 0 aliphatic rings. The lowest BCUT2D eigenvalue weighted by atomic mass is 10.1. The Hall–Kier alpha value is -3.74. The molecule has 0 saturated heterocycles. The van der Waals surface area contributed by atoms with E-state index >= 15 is 0 Å². The zero-order chi connectivity index (χ0) is 22.8. The normalized spacial score (nSPS) is 10.9. The Morgan fingerprint density at radius 2 is 1.73 bits per heavy atom. The molecule has 1 amide bonds. The number of carbonyl (C=O) groups excluding carboxylic acids is 1. The molecule has 0 radical (unpaired) electrons. The maximum absolute atomic E-state index is 12.6. The highest BCUT2D eigenvalue weighted by Gasteiger charge is 2.11. The van der Waals surface area contributed by atoms with Gasteiger partial charge in [-0.2, -0.15) is 0 Å². The van der Waals surface area contributed by atoms with Crippen LogP contribution in [0.25, 0.3) is 21.9 Å². The van der Waals surface area contributed by atoms with E-state index in [2.05, 4.69) is 15.6 Å². The van der Waals surface area contributed by atoms with Gasteiger partial charge < -0.3 is 9.73 Å². The molecule has 5 aromatic rings. The van der Waals surface area contributed by atoms with Gasteiger partial charge in [0.1, 0.15) is 5.52 Å². The molecule has 5 nitrogen and oxygen atoms in total. The van der Waals surface area contributed by atoms with Crippen LogP contribution in [0.3, 0.4) is 0 Å². The Morgan fingerprint density at radius 3 is 2.55 bits per heavy atom. The number of oxazole rings is 1. The first-order valence-corrected chi connectivity index (χ1v) is 11.1. The third-order valence-corrected chi connectivity index (χ3v) is 5.65. The van der Waals surface area contributed by atoms with E-state index in [0.29, 0.717) is 39.7 Å². The van der Waals surface area contributed by atoms with Gasteiger partial charge in [0, 0.05) is 22.7 Å². The highest BCUT2D eigenvalue weighted by Crippen LogP contribution is 2.22. The summed E-state index contributed by atoms with van der Waals surface area (Å²) in [5.74, 6) is 0.336. The summed E-state index contributed by atoms with van der Waals surface area (Å²) in [5, 5.41) is 8.73. The number of anilines is 1. The minimum absolute atomic E-state index is 0.206. The van der Waals surface area contributed by atoms with Crippen molar-refractivity contribution in [3.63, 3.8) is 0 Å². The Balaban J connectivity index is 1.26. The summed E-state index contributed by atoms with van der Waals surface area (Å²) < 4.78 is 5.85. The first-order valence-electron chi connectivity index (χ1n) is 10.3. The molecule has 0 atom stereocenters. The van der Waals surface area contributed by atoms with Crippen molar-refractivity contribution in [2.75, 3.05) is 5.32 Å². The number of carbonyl (C=O) groups is 1. The zero-order valence-corrected chi connectivity index (χ0v) is 18.9. The number of hydrogen-bond acceptors (Lipinski definition) is 4. The third kappa shape index (κ3) is 4.87. The number of amides is 1. The van der Waals surface area contributed by atoms with Crippen molar-refractivity contribution in [1.29, 1.82) is 0 Å². The van der Waals surface area contributed by atoms with E-state index in [9.17, 15) is 4.79 Å². The SMILES string of the molecule is O=C(NC(=S)Nc1ccc2oc(Cc3ccc(Cl)cc3)nc2c1)c1ccc2ccccc2c1. The molecule has 0 bridgehead atoms. The van der Waals surface area contributed by atoms with Crippen LogP contribution in [-0.4, -0.2) is 16.0 Å². The molecule has 4 aromatic carbocycles. The van der Waals surface area contributed by atoms with Crippen LogP contribution >= 0.6 is 23.8 Å². The number of aromatic nitrogens is 1. The lowest BCUT2D eigenvalue weighted by Gasteiger charge is -2.10. The number of hydrogen-bond donors (Lipinski definition) is 2. The van der Waals surface area contributed by atoms with Gasteiger partial charge in [-0.1, -0.05) is 54.1 Å². The number of fused-ring (bicyclic) bond motifs is 2. The summed E-state index contributed by atoms with van der Waals surface area (Å²) in [6, 6.07) is 26.5. The van der Waals surface area contributed by atoms with Gasteiger partial charge >= 0.3 is 0 Å². The number of benzene rings is 4. The average Bonchev–Trinajstić information content (AvgIpc) is 3.21. The van der Waals surface area contributed by atoms with Crippen LogP contribution in [-0.2, 0) is 6.42 Å². The van der Waals surface area contributed by atoms with Gasteiger partial charge in [-0.15, -0.1) is 0 Å². The van der Waals surface area contributed by atoms with E-state index in [-0.39, 0.29) is 11.0 Å². The molecule has 33 heavy (non-hydrogen) atoms. The average molecular weight is 472 g/mol. The van der Waals surface area contributed by atoms with Gasteiger partial charge in [0.25, 0.3) is 5.91 Å². The number of nitrogens with one attached hydrogen (secondary N) is 2. The van der Waals surface area contributed by atoms with Crippen LogP contribution in [0.5, 0.6) is 0 Å². The summed E-state index contributed by atoms with van der Waals surface area (Å²) in [5.41, 5.74) is 3.68. The molecule has 2 N–H and O–H groups in total. The van der Waals surface area contributed by atoms with Crippen molar-refractivity contribution < 1.29 is 9.21 Å². The second-order valence-corrected chi connectivity index (χ2v) is 8.41. The standard InChI is InChI=1S/C26H18ClN3O2S/c27-20-9-5-16(6-10-20)13-24-29-22-15-21(11-12-23(22)32-24)28-26(33)30-25(31)19-8-7-17-3-1-2-4-18(17)14-19/h1-12,14-15H,13H2,(H2,28,30,31,33). The van der Waals surface area contributed by atoms with Crippen LogP contribution in [0, 0.1) is 0 Å². The molecule has 0 aliphatic heterocycles. The summed E-state index contributed by atoms with van der Waals surface area (Å²) in [6.45, 7) is 0. The molecule has 5 rings (SSSR count). The molecule has 0 fully saturated rings. The molecule has 0 spiro atoms. The minimum Gasteiger partial charge on any atom is -0.440 e. The summed E-state index contributed by atoms with van der Waals surface area (Å²) in [4.78, 5) is 17.2. The first-order chi connectivity index (χ1) is 16.0. The summed E-state index contributed by atoms with van der Waals surface area (Å²) >= 11 is 11.3. The number of rotatable bonds is 4.